The third-order valence-electron chi connectivity index (χ3n) is 3.11. The second kappa shape index (κ2) is 5.48. The lowest BCUT2D eigenvalue weighted by molar-refractivity contribution is 0.0723. The number of aromatic nitrogens is 3. The van der Waals surface area contributed by atoms with Crippen LogP contribution in [0.3, 0.4) is 0 Å². The molecule has 0 aliphatic rings. The van der Waals surface area contributed by atoms with E-state index in [-0.39, 0.29) is 13.2 Å². The molecule has 3 N–H and O–H groups in total. The summed E-state index contributed by atoms with van der Waals surface area (Å²) in [7, 11) is 1.74. The Hall–Kier alpha value is -2.12. The summed E-state index contributed by atoms with van der Waals surface area (Å²) in [6.45, 7) is 0.860. The van der Waals surface area contributed by atoms with Gasteiger partial charge >= 0.3 is 0 Å². The van der Waals surface area contributed by atoms with E-state index in [4.69, 9.17) is 0 Å². The van der Waals surface area contributed by atoms with Crippen LogP contribution in [0.4, 0.5) is 0 Å². The van der Waals surface area contributed by atoms with E-state index < -0.39 is 11.4 Å². The molecule has 2 aromatic rings. The second-order valence-electron chi connectivity index (χ2n) is 4.93. The first-order valence-corrected chi connectivity index (χ1v) is 6.20. The highest BCUT2D eigenvalue weighted by Gasteiger charge is 2.27. The molecule has 0 radical (unpaired) electrons. The molecule has 0 spiro atoms. The number of carbonyl (C=O) groups is 1. The topological polar surface area (TPSA) is 92.3 Å². The number of hydrogen-bond donors (Lipinski definition) is 3. The predicted molar refractivity (Wildman–Crippen MR) is 72.6 cm³/mol. The number of hydrogen-bond acceptors (Lipinski definition) is 4. The van der Waals surface area contributed by atoms with Gasteiger partial charge in [0.25, 0.3) is 5.91 Å². The van der Waals surface area contributed by atoms with Gasteiger partial charge in [-0.15, -0.1) is 0 Å². The minimum absolute atomic E-state index is 0.353. The SMILES string of the molecule is Cn1ncc(C(=O)NC(C)(CO)CO)c1-n1cccc1. The molecule has 0 fully saturated rings. The molecule has 7 heteroatoms. The third-order valence-corrected chi connectivity index (χ3v) is 3.11. The van der Waals surface area contributed by atoms with Crippen molar-refractivity contribution in [2.75, 3.05) is 13.2 Å². The predicted octanol–water partition coefficient (Wildman–Crippen LogP) is -0.316. The van der Waals surface area contributed by atoms with E-state index >= 15 is 0 Å². The van der Waals surface area contributed by atoms with Crippen molar-refractivity contribution in [1.29, 1.82) is 0 Å². The first kappa shape index (κ1) is 14.3. The summed E-state index contributed by atoms with van der Waals surface area (Å²) in [5.41, 5.74) is -0.697. The molecular weight excluding hydrogens is 260 g/mol. The number of nitrogens with zero attached hydrogens (tertiary/aromatic N) is 3. The van der Waals surface area contributed by atoms with E-state index in [1.165, 1.54) is 6.20 Å². The summed E-state index contributed by atoms with van der Waals surface area (Å²) >= 11 is 0. The largest absolute Gasteiger partial charge is 0.394 e. The molecule has 0 saturated heterocycles. The summed E-state index contributed by atoms with van der Waals surface area (Å²) in [5, 5.41) is 25.2. The molecule has 0 saturated carbocycles. The molecule has 1 amide bonds. The van der Waals surface area contributed by atoms with Crippen molar-refractivity contribution < 1.29 is 15.0 Å². The van der Waals surface area contributed by atoms with E-state index in [0.29, 0.717) is 11.4 Å². The minimum atomic E-state index is -1.07. The van der Waals surface area contributed by atoms with Crippen LogP contribution in [0, 0.1) is 0 Å². The average Bonchev–Trinajstić information content (AvgIpc) is 3.07. The van der Waals surface area contributed by atoms with Crippen LogP contribution in [-0.4, -0.2) is 49.2 Å². The maximum absolute atomic E-state index is 12.3. The number of aliphatic hydroxyl groups excluding tert-OH is 2. The van der Waals surface area contributed by atoms with Gasteiger partial charge in [-0.3, -0.25) is 9.48 Å². The monoisotopic (exact) mass is 278 g/mol. The minimum Gasteiger partial charge on any atom is -0.394 e. The van der Waals surface area contributed by atoms with Gasteiger partial charge in [0.2, 0.25) is 0 Å². The average molecular weight is 278 g/mol. The summed E-state index contributed by atoms with van der Waals surface area (Å²) in [6.07, 6.45) is 5.08. The molecule has 0 bridgehead atoms. The molecule has 108 valence electrons. The molecule has 20 heavy (non-hydrogen) atoms. The van der Waals surface area contributed by atoms with Crippen molar-refractivity contribution in [3.05, 3.63) is 36.3 Å². The standard InChI is InChI=1S/C13H18N4O3/c1-13(8-18,9-19)15-11(20)10-7-14-16(2)12(10)17-5-3-4-6-17/h3-7,18-19H,8-9H2,1-2H3,(H,15,20). The number of rotatable bonds is 5. The van der Waals surface area contributed by atoms with Crippen molar-refractivity contribution in [1.82, 2.24) is 19.7 Å². The maximum atomic E-state index is 12.3. The van der Waals surface area contributed by atoms with Gasteiger partial charge in [0.05, 0.1) is 24.9 Å². The lowest BCUT2D eigenvalue weighted by Crippen LogP contribution is -2.51. The van der Waals surface area contributed by atoms with Gasteiger partial charge in [-0.05, 0) is 19.1 Å². The summed E-state index contributed by atoms with van der Waals surface area (Å²) < 4.78 is 3.36. The van der Waals surface area contributed by atoms with Crippen LogP contribution in [0.1, 0.15) is 17.3 Å². The van der Waals surface area contributed by atoms with E-state index in [9.17, 15) is 15.0 Å². The number of amides is 1. The van der Waals surface area contributed by atoms with Gasteiger partial charge in [0.15, 0.2) is 0 Å². The second-order valence-corrected chi connectivity index (χ2v) is 4.93. The third kappa shape index (κ3) is 2.59. The van der Waals surface area contributed by atoms with Crippen molar-refractivity contribution in [3.8, 4) is 5.82 Å². The first-order chi connectivity index (χ1) is 9.50. The smallest absolute Gasteiger partial charge is 0.257 e. The molecule has 0 aliphatic carbocycles. The fourth-order valence-corrected chi connectivity index (χ4v) is 1.84. The fraction of sp³-hybridized carbons (Fsp3) is 0.385. The van der Waals surface area contributed by atoms with Crippen molar-refractivity contribution >= 4 is 5.91 Å². The lowest BCUT2D eigenvalue weighted by Gasteiger charge is -2.26. The van der Waals surface area contributed by atoms with Gasteiger partial charge in [-0.2, -0.15) is 5.10 Å². The zero-order valence-electron chi connectivity index (χ0n) is 11.4. The molecule has 2 rings (SSSR count). The number of aliphatic hydroxyl groups is 2. The Labute approximate surface area is 116 Å². The van der Waals surface area contributed by atoms with Crippen molar-refractivity contribution in [2.45, 2.75) is 12.5 Å². The van der Waals surface area contributed by atoms with Crippen LogP contribution >= 0.6 is 0 Å². The highest BCUT2D eigenvalue weighted by Crippen LogP contribution is 2.15. The van der Waals surface area contributed by atoms with Crippen molar-refractivity contribution in [2.24, 2.45) is 7.05 Å². The normalized spacial score (nSPS) is 11.6. The number of aryl methyl sites for hydroxylation is 1. The summed E-state index contributed by atoms with van der Waals surface area (Å²) in [4.78, 5) is 12.3. The van der Waals surface area contributed by atoms with Gasteiger partial charge in [0.1, 0.15) is 11.4 Å². The Balaban J connectivity index is 2.33. The summed E-state index contributed by atoms with van der Waals surface area (Å²) in [5.74, 6) is 0.220. The number of nitrogens with one attached hydrogen (secondary N) is 1. The fourth-order valence-electron chi connectivity index (χ4n) is 1.84. The molecular formula is C13H18N4O3. The molecule has 0 aliphatic heterocycles. The van der Waals surface area contributed by atoms with E-state index in [1.54, 1.807) is 23.2 Å². The zero-order valence-corrected chi connectivity index (χ0v) is 11.4. The zero-order chi connectivity index (χ0) is 14.8. The first-order valence-electron chi connectivity index (χ1n) is 6.20. The van der Waals surface area contributed by atoms with Crippen LogP contribution in [0.25, 0.3) is 5.82 Å². The van der Waals surface area contributed by atoms with E-state index in [2.05, 4.69) is 10.4 Å². The van der Waals surface area contributed by atoms with Crippen LogP contribution in [0.2, 0.25) is 0 Å². The summed E-state index contributed by atoms with van der Waals surface area (Å²) in [6, 6.07) is 3.69. The molecule has 7 nitrogen and oxygen atoms in total. The van der Waals surface area contributed by atoms with Gasteiger partial charge in [0, 0.05) is 19.4 Å². The molecule has 0 atom stereocenters. The van der Waals surface area contributed by atoms with E-state index in [1.807, 2.05) is 24.5 Å². The van der Waals surface area contributed by atoms with Crippen LogP contribution in [0.15, 0.2) is 30.7 Å². The molecule has 2 heterocycles. The lowest BCUT2D eigenvalue weighted by atomic mass is 10.1. The van der Waals surface area contributed by atoms with Crippen LogP contribution in [0.5, 0.6) is 0 Å². The molecule has 0 unspecified atom stereocenters. The Morgan fingerprint density at radius 1 is 1.35 bits per heavy atom. The maximum Gasteiger partial charge on any atom is 0.257 e. The Kier molecular flexibility index (Phi) is 3.91. The van der Waals surface area contributed by atoms with Crippen LogP contribution < -0.4 is 5.32 Å². The molecule has 0 aromatic carbocycles. The van der Waals surface area contributed by atoms with Crippen molar-refractivity contribution in [3.63, 3.8) is 0 Å². The Morgan fingerprint density at radius 2 is 1.95 bits per heavy atom. The van der Waals surface area contributed by atoms with Gasteiger partial charge in [-0.25, -0.2) is 0 Å². The Morgan fingerprint density at radius 3 is 2.50 bits per heavy atom. The highest BCUT2D eigenvalue weighted by molar-refractivity contribution is 5.97. The van der Waals surface area contributed by atoms with E-state index in [0.717, 1.165) is 0 Å². The number of carbonyl (C=O) groups excluding carboxylic acids is 1. The molecule has 2 aromatic heterocycles. The van der Waals surface area contributed by atoms with Gasteiger partial charge in [-0.1, -0.05) is 0 Å². The van der Waals surface area contributed by atoms with Gasteiger partial charge < -0.3 is 20.1 Å². The quantitative estimate of drug-likeness (QED) is 0.699. The Bertz CT molecular complexity index is 585. The van der Waals surface area contributed by atoms with Crippen LogP contribution in [-0.2, 0) is 7.05 Å². The highest BCUT2D eigenvalue weighted by atomic mass is 16.3.